The van der Waals surface area contributed by atoms with Gasteiger partial charge in [-0.15, -0.1) is 0 Å². The summed E-state index contributed by atoms with van der Waals surface area (Å²) in [7, 11) is 1.83. The Balaban J connectivity index is 1.88. The molecule has 1 amide bonds. The van der Waals surface area contributed by atoms with Gasteiger partial charge in [0.1, 0.15) is 6.33 Å². The highest BCUT2D eigenvalue weighted by atomic mass is 16.2. The normalized spacial score (nSPS) is 12.4. The van der Waals surface area contributed by atoms with E-state index in [4.69, 9.17) is 0 Å². The van der Waals surface area contributed by atoms with Crippen LogP contribution < -0.4 is 0 Å². The number of H-pyrrole nitrogens is 1. The molecule has 0 unspecified atom stereocenters. The zero-order chi connectivity index (χ0) is 18.1. The second-order valence-electron chi connectivity index (χ2n) is 6.72. The Morgan fingerprint density at radius 2 is 2.04 bits per heavy atom. The van der Waals surface area contributed by atoms with Crippen LogP contribution in [0, 0.1) is 20.8 Å². The number of aromatic amines is 1. The largest absolute Gasteiger partial charge is 0.358 e. The Hall–Kier alpha value is -2.69. The highest BCUT2D eigenvalue weighted by molar-refractivity contribution is 5.92. The van der Waals surface area contributed by atoms with E-state index in [0.717, 1.165) is 27.9 Å². The molecule has 3 rings (SSSR count). The molecule has 0 aliphatic carbocycles. The number of fused-ring (bicyclic) bond motifs is 1. The Bertz CT molecular complexity index is 914. The van der Waals surface area contributed by atoms with Crippen molar-refractivity contribution in [2.24, 2.45) is 0 Å². The average molecular weight is 336 g/mol. The van der Waals surface area contributed by atoms with Crippen molar-refractivity contribution in [2.45, 2.75) is 40.2 Å². The number of benzene rings is 1. The zero-order valence-electron chi connectivity index (χ0n) is 15.4. The first-order valence-corrected chi connectivity index (χ1v) is 8.48. The number of hydrogen-bond acceptors (Lipinski definition) is 3. The van der Waals surface area contributed by atoms with Gasteiger partial charge in [-0.25, -0.2) is 9.97 Å². The van der Waals surface area contributed by atoms with Gasteiger partial charge in [-0.05, 0) is 51.0 Å². The predicted octanol–water partition coefficient (Wildman–Crippen LogP) is 3.65. The summed E-state index contributed by atoms with van der Waals surface area (Å²) < 4.78 is 0. The number of aromatic nitrogens is 3. The third-order valence-electron chi connectivity index (χ3n) is 4.91. The number of aryl methyl sites for hydroxylation is 3. The summed E-state index contributed by atoms with van der Waals surface area (Å²) in [6.45, 7) is 8.20. The van der Waals surface area contributed by atoms with Crippen LogP contribution in [0.5, 0.6) is 0 Å². The molecular weight excluding hydrogens is 312 g/mol. The predicted molar refractivity (Wildman–Crippen MR) is 99.4 cm³/mol. The van der Waals surface area contributed by atoms with E-state index in [1.807, 2.05) is 27.0 Å². The smallest absolute Gasteiger partial charge is 0.227 e. The maximum atomic E-state index is 12.9. The van der Waals surface area contributed by atoms with Gasteiger partial charge in [0.25, 0.3) is 0 Å². The lowest BCUT2D eigenvalue weighted by atomic mass is 10.0. The van der Waals surface area contributed by atoms with Crippen LogP contribution in [-0.4, -0.2) is 32.8 Å². The molecule has 0 fully saturated rings. The maximum absolute atomic E-state index is 12.9. The van der Waals surface area contributed by atoms with E-state index in [0.29, 0.717) is 6.42 Å². The molecule has 0 saturated carbocycles. The summed E-state index contributed by atoms with van der Waals surface area (Å²) in [5, 5.41) is 1.14. The molecule has 0 bridgehead atoms. The summed E-state index contributed by atoms with van der Waals surface area (Å²) in [5.41, 5.74) is 6.51. The van der Waals surface area contributed by atoms with Gasteiger partial charge in [0.2, 0.25) is 5.91 Å². The van der Waals surface area contributed by atoms with Crippen molar-refractivity contribution >= 4 is 16.8 Å². The molecule has 2 aromatic heterocycles. The second-order valence-corrected chi connectivity index (χ2v) is 6.72. The van der Waals surface area contributed by atoms with Crippen molar-refractivity contribution in [2.75, 3.05) is 7.05 Å². The van der Waals surface area contributed by atoms with Crippen LogP contribution in [0.3, 0.4) is 0 Å². The van der Waals surface area contributed by atoms with Crippen molar-refractivity contribution in [3.8, 4) is 0 Å². The van der Waals surface area contributed by atoms with Crippen molar-refractivity contribution in [3.63, 3.8) is 0 Å². The van der Waals surface area contributed by atoms with E-state index in [1.54, 1.807) is 11.1 Å². The fourth-order valence-corrected chi connectivity index (χ4v) is 3.30. The van der Waals surface area contributed by atoms with E-state index in [-0.39, 0.29) is 11.9 Å². The van der Waals surface area contributed by atoms with Crippen molar-refractivity contribution in [1.82, 2.24) is 19.9 Å². The van der Waals surface area contributed by atoms with Crippen LogP contribution >= 0.6 is 0 Å². The Kier molecular flexibility index (Phi) is 4.57. The summed E-state index contributed by atoms with van der Waals surface area (Å²) in [5.74, 6) is 0.0780. The Labute approximate surface area is 148 Å². The first-order chi connectivity index (χ1) is 11.9. The first-order valence-electron chi connectivity index (χ1n) is 8.48. The fraction of sp³-hybridized carbons (Fsp3) is 0.350. The molecule has 130 valence electrons. The van der Waals surface area contributed by atoms with Crippen molar-refractivity contribution in [3.05, 3.63) is 58.8 Å². The Morgan fingerprint density at radius 3 is 2.72 bits per heavy atom. The molecule has 5 heteroatoms. The number of nitrogens with zero attached hydrogens (tertiary/aromatic N) is 3. The first kappa shape index (κ1) is 17.1. The van der Waals surface area contributed by atoms with E-state index < -0.39 is 0 Å². The SMILES string of the molecule is Cc1cc(C)c2[nH]c(C)c(CC(=O)N(C)[C@@H](C)c3ccncn3)c2c1. The minimum absolute atomic E-state index is 0.0780. The molecule has 1 aromatic carbocycles. The Morgan fingerprint density at radius 1 is 1.28 bits per heavy atom. The average Bonchev–Trinajstić information content (AvgIpc) is 2.90. The molecule has 0 aliphatic rings. The van der Waals surface area contributed by atoms with Crippen LogP contribution in [0.15, 0.2) is 30.7 Å². The lowest BCUT2D eigenvalue weighted by Gasteiger charge is -2.24. The second kappa shape index (κ2) is 6.67. The number of hydrogen-bond donors (Lipinski definition) is 1. The molecule has 25 heavy (non-hydrogen) atoms. The monoisotopic (exact) mass is 336 g/mol. The molecule has 5 nitrogen and oxygen atoms in total. The topological polar surface area (TPSA) is 61.9 Å². The standard InChI is InChI=1S/C20H24N4O/c1-12-8-13(2)20-17(9-12)16(14(3)23-20)10-19(25)24(5)15(4)18-6-7-21-11-22-18/h6-9,11,15,23H,10H2,1-5H3/t15-/m0/s1. The van der Waals surface area contributed by atoms with Gasteiger partial charge in [0, 0.05) is 29.8 Å². The highest BCUT2D eigenvalue weighted by Crippen LogP contribution is 2.27. The van der Waals surface area contributed by atoms with Gasteiger partial charge < -0.3 is 9.88 Å². The van der Waals surface area contributed by atoms with Gasteiger partial charge in [-0.3, -0.25) is 4.79 Å². The number of amides is 1. The summed E-state index contributed by atoms with van der Waals surface area (Å²) in [4.78, 5) is 26.2. The third kappa shape index (κ3) is 3.27. The van der Waals surface area contributed by atoms with E-state index in [1.165, 1.54) is 17.5 Å². The summed E-state index contributed by atoms with van der Waals surface area (Å²) >= 11 is 0. The third-order valence-corrected chi connectivity index (χ3v) is 4.91. The van der Waals surface area contributed by atoms with E-state index in [9.17, 15) is 4.79 Å². The molecular formula is C20H24N4O. The molecule has 2 heterocycles. The van der Waals surface area contributed by atoms with Crippen LogP contribution in [0.2, 0.25) is 0 Å². The zero-order valence-corrected chi connectivity index (χ0v) is 15.4. The molecule has 0 saturated heterocycles. The quantitative estimate of drug-likeness (QED) is 0.791. The number of rotatable bonds is 4. The van der Waals surface area contributed by atoms with Gasteiger partial charge in [0.05, 0.1) is 18.2 Å². The van der Waals surface area contributed by atoms with Crippen LogP contribution in [0.4, 0.5) is 0 Å². The molecule has 0 radical (unpaired) electrons. The van der Waals surface area contributed by atoms with Gasteiger partial charge >= 0.3 is 0 Å². The molecule has 0 spiro atoms. The molecule has 1 atom stereocenters. The molecule has 1 N–H and O–H groups in total. The minimum atomic E-state index is -0.0931. The van der Waals surface area contributed by atoms with Crippen LogP contribution in [-0.2, 0) is 11.2 Å². The van der Waals surface area contributed by atoms with Gasteiger partial charge in [0.15, 0.2) is 0 Å². The minimum Gasteiger partial charge on any atom is -0.358 e. The number of nitrogens with one attached hydrogen (secondary N) is 1. The van der Waals surface area contributed by atoms with Gasteiger partial charge in [-0.1, -0.05) is 11.6 Å². The lowest BCUT2D eigenvalue weighted by Crippen LogP contribution is -2.31. The summed E-state index contributed by atoms with van der Waals surface area (Å²) in [6, 6.07) is 6.07. The van der Waals surface area contributed by atoms with E-state index in [2.05, 4.69) is 40.9 Å². The molecule has 0 aliphatic heterocycles. The summed E-state index contributed by atoms with van der Waals surface area (Å²) in [6.07, 6.45) is 3.59. The number of carbonyl (C=O) groups excluding carboxylic acids is 1. The van der Waals surface area contributed by atoms with Crippen LogP contribution in [0.1, 0.15) is 41.0 Å². The van der Waals surface area contributed by atoms with Crippen molar-refractivity contribution in [1.29, 1.82) is 0 Å². The maximum Gasteiger partial charge on any atom is 0.227 e. The van der Waals surface area contributed by atoms with E-state index >= 15 is 0 Å². The van der Waals surface area contributed by atoms with Crippen molar-refractivity contribution < 1.29 is 4.79 Å². The number of likely N-dealkylation sites (N-methyl/N-ethyl adjacent to an activating group) is 1. The lowest BCUT2D eigenvalue weighted by molar-refractivity contribution is -0.131. The van der Waals surface area contributed by atoms with Gasteiger partial charge in [-0.2, -0.15) is 0 Å². The number of carbonyl (C=O) groups is 1. The fourth-order valence-electron chi connectivity index (χ4n) is 3.30. The molecule has 3 aromatic rings. The van der Waals surface area contributed by atoms with Crippen LogP contribution in [0.25, 0.3) is 10.9 Å². The highest BCUT2D eigenvalue weighted by Gasteiger charge is 2.21.